The van der Waals surface area contributed by atoms with E-state index in [-0.39, 0.29) is 49.5 Å². The zero-order chi connectivity index (χ0) is 19.0. The molecule has 1 amide bonds. The largest absolute Gasteiger partial charge is 0.467 e. The van der Waals surface area contributed by atoms with Gasteiger partial charge in [-0.1, -0.05) is 12.1 Å². The van der Waals surface area contributed by atoms with Crippen molar-refractivity contribution in [1.29, 1.82) is 0 Å². The summed E-state index contributed by atoms with van der Waals surface area (Å²) < 4.78 is 42.7. The third kappa shape index (κ3) is 7.89. The van der Waals surface area contributed by atoms with Crippen LogP contribution in [0.1, 0.15) is 16.9 Å². The molecule has 0 saturated heterocycles. The van der Waals surface area contributed by atoms with Gasteiger partial charge in [0.15, 0.2) is 5.96 Å². The molecule has 2 aromatic rings. The van der Waals surface area contributed by atoms with Crippen LogP contribution in [0, 0.1) is 0 Å². The summed E-state index contributed by atoms with van der Waals surface area (Å²) in [6, 6.07) is 8.30. The Morgan fingerprint density at radius 3 is 2.33 bits per heavy atom. The predicted molar refractivity (Wildman–Crippen MR) is 106 cm³/mol. The third-order valence-electron chi connectivity index (χ3n) is 3.42. The van der Waals surface area contributed by atoms with Crippen LogP contribution in [0.2, 0.25) is 0 Å². The Morgan fingerprint density at radius 2 is 1.78 bits per heavy atom. The Bertz CT molecular complexity index is 732. The lowest BCUT2D eigenvalue weighted by atomic mass is 10.1. The average molecular weight is 496 g/mol. The zero-order valence-electron chi connectivity index (χ0n) is 14.5. The van der Waals surface area contributed by atoms with Gasteiger partial charge in [0.2, 0.25) is 5.91 Å². The van der Waals surface area contributed by atoms with Crippen LogP contribution < -0.4 is 16.0 Å². The molecular weight excluding hydrogens is 476 g/mol. The average Bonchev–Trinajstić information content (AvgIpc) is 3.13. The highest BCUT2D eigenvalue weighted by atomic mass is 127. The molecule has 0 aliphatic rings. The van der Waals surface area contributed by atoms with Crippen LogP contribution in [0.15, 0.2) is 52.1 Å². The van der Waals surface area contributed by atoms with Crippen LogP contribution >= 0.6 is 24.0 Å². The highest BCUT2D eigenvalue weighted by molar-refractivity contribution is 14.0. The van der Waals surface area contributed by atoms with Crippen molar-refractivity contribution in [2.24, 2.45) is 4.99 Å². The summed E-state index contributed by atoms with van der Waals surface area (Å²) in [5, 5.41) is 8.42. The Balaban J connectivity index is 0.00000364. The summed E-state index contributed by atoms with van der Waals surface area (Å²) in [4.78, 5) is 15.7. The molecule has 1 aromatic heterocycles. The number of halogens is 4. The van der Waals surface area contributed by atoms with Gasteiger partial charge < -0.3 is 20.4 Å². The topological polar surface area (TPSA) is 78.7 Å². The van der Waals surface area contributed by atoms with E-state index in [1.54, 1.807) is 12.1 Å². The number of nitrogens with one attached hydrogen (secondary N) is 3. The van der Waals surface area contributed by atoms with E-state index >= 15 is 0 Å². The molecule has 0 atom stereocenters. The lowest BCUT2D eigenvalue weighted by molar-refractivity contribution is -0.137. The Kier molecular flexibility index (Phi) is 9.12. The molecule has 0 spiro atoms. The van der Waals surface area contributed by atoms with E-state index in [1.165, 1.54) is 25.4 Å². The molecule has 0 aliphatic heterocycles. The molecule has 0 radical (unpaired) electrons. The lowest BCUT2D eigenvalue weighted by Gasteiger charge is -2.12. The number of carbonyl (C=O) groups is 1. The van der Waals surface area contributed by atoms with Gasteiger partial charge in [-0.15, -0.1) is 24.0 Å². The fourth-order valence-electron chi connectivity index (χ4n) is 2.04. The summed E-state index contributed by atoms with van der Waals surface area (Å²) in [5.74, 6) is 0.750. The first kappa shape index (κ1) is 22.8. The monoisotopic (exact) mass is 496 g/mol. The van der Waals surface area contributed by atoms with E-state index in [2.05, 4.69) is 20.9 Å². The SMILES string of the molecule is CN=C(NCC(=O)NCc1ccco1)NCc1ccc(C(F)(F)F)cc1.I. The minimum Gasteiger partial charge on any atom is -0.467 e. The molecule has 1 aromatic carbocycles. The van der Waals surface area contributed by atoms with Crippen LogP contribution in [0.4, 0.5) is 13.2 Å². The molecular formula is C17H20F3IN4O2. The van der Waals surface area contributed by atoms with Crippen molar-refractivity contribution in [2.75, 3.05) is 13.6 Å². The second-order valence-corrected chi connectivity index (χ2v) is 5.33. The Morgan fingerprint density at radius 1 is 1.07 bits per heavy atom. The van der Waals surface area contributed by atoms with Gasteiger partial charge in [-0.25, -0.2) is 0 Å². The molecule has 6 nitrogen and oxygen atoms in total. The van der Waals surface area contributed by atoms with Gasteiger partial charge >= 0.3 is 6.18 Å². The van der Waals surface area contributed by atoms with Crippen molar-refractivity contribution < 1.29 is 22.4 Å². The highest BCUT2D eigenvalue weighted by Gasteiger charge is 2.29. The van der Waals surface area contributed by atoms with Crippen molar-refractivity contribution >= 4 is 35.8 Å². The molecule has 10 heteroatoms. The molecule has 3 N–H and O–H groups in total. The maximum Gasteiger partial charge on any atom is 0.416 e. The molecule has 27 heavy (non-hydrogen) atoms. The van der Waals surface area contributed by atoms with Gasteiger partial charge in [0.1, 0.15) is 5.76 Å². The molecule has 0 aliphatic carbocycles. The second-order valence-electron chi connectivity index (χ2n) is 5.33. The number of rotatable bonds is 6. The number of benzene rings is 1. The molecule has 0 fully saturated rings. The summed E-state index contributed by atoms with van der Waals surface area (Å²) in [5.41, 5.74) is -0.0415. The molecule has 148 valence electrons. The third-order valence-corrected chi connectivity index (χ3v) is 3.42. The van der Waals surface area contributed by atoms with Crippen LogP contribution in [-0.2, 0) is 24.1 Å². The first-order valence-electron chi connectivity index (χ1n) is 7.78. The van der Waals surface area contributed by atoms with Crippen LogP contribution in [-0.4, -0.2) is 25.5 Å². The Hall–Kier alpha value is -2.24. The number of carbonyl (C=O) groups excluding carboxylic acids is 1. The fraction of sp³-hybridized carbons (Fsp3) is 0.294. The molecule has 2 rings (SSSR count). The standard InChI is InChI=1S/C17H19F3N4O2.HI/c1-21-16(24-11-15(25)22-10-14-3-2-8-26-14)23-9-12-4-6-13(7-5-12)17(18,19)20;/h2-8H,9-11H2,1H3,(H,22,25)(H2,21,23,24);1H. The van der Waals surface area contributed by atoms with Crippen molar-refractivity contribution in [3.8, 4) is 0 Å². The van der Waals surface area contributed by atoms with E-state index < -0.39 is 11.7 Å². The summed E-state index contributed by atoms with van der Waals surface area (Å²) in [6.45, 7) is 0.546. The quantitative estimate of drug-likeness (QED) is 0.327. The summed E-state index contributed by atoms with van der Waals surface area (Å²) >= 11 is 0. The Labute approximate surface area is 171 Å². The maximum absolute atomic E-state index is 12.5. The molecule has 0 saturated carbocycles. The molecule has 1 heterocycles. The summed E-state index contributed by atoms with van der Waals surface area (Å²) in [6.07, 6.45) is -2.83. The van der Waals surface area contributed by atoms with Gasteiger partial charge in [0, 0.05) is 13.6 Å². The normalized spacial score (nSPS) is 11.5. The number of hydrogen-bond donors (Lipinski definition) is 3. The van der Waals surface area contributed by atoms with Gasteiger partial charge in [-0.2, -0.15) is 13.2 Å². The van der Waals surface area contributed by atoms with E-state index in [0.717, 1.165) is 12.1 Å². The number of alkyl halides is 3. The fourth-order valence-corrected chi connectivity index (χ4v) is 2.04. The van der Waals surface area contributed by atoms with E-state index in [1.807, 2.05) is 0 Å². The second kappa shape index (κ2) is 10.8. The van der Waals surface area contributed by atoms with Gasteiger partial charge in [0.05, 0.1) is 24.9 Å². The van der Waals surface area contributed by atoms with Crippen LogP contribution in [0.3, 0.4) is 0 Å². The van der Waals surface area contributed by atoms with Gasteiger partial charge in [0.25, 0.3) is 0 Å². The van der Waals surface area contributed by atoms with Crippen LogP contribution in [0.25, 0.3) is 0 Å². The molecule has 0 bridgehead atoms. The lowest BCUT2D eigenvalue weighted by Crippen LogP contribution is -2.42. The smallest absolute Gasteiger partial charge is 0.416 e. The van der Waals surface area contributed by atoms with Crippen molar-refractivity contribution in [2.45, 2.75) is 19.3 Å². The van der Waals surface area contributed by atoms with Gasteiger partial charge in [-0.05, 0) is 29.8 Å². The first-order chi connectivity index (χ1) is 12.4. The highest BCUT2D eigenvalue weighted by Crippen LogP contribution is 2.28. The van der Waals surface area contributed by atoms with Crippen LogP contribution in [0.5, 0.6) is 0 Å². The summed E-state index contributed by atoms with van der Waals surface area (Å²) in [7, 11) is 1.53. The van der Waals surface area contributed by atoms with E-state index in [0.29, 0.717) is 17.3 Å². The van der Waals surface area contributed by atoms with E-state index in [9.17, 15) is 18.0 Å². The zero-order valence-corrected chi connectivity index (χ0v) is 16.8. The minimum absolute atomic E-state index is 0. The number of aliphatic imine (C=N–C) groups is 1. The number of amides is 1. The minimum atomic E-state index is -4.35. The first-order valence-corrected chi connectivity index (χ1v) is 7.78. The number of nitrogens with zero attached hydrogens (tertiary/aromatic N) is 1. The number of hydrogen-bond acceptors (Lipinski definition) is 3. The predicted octanol–water partition coefficient (Wildman–Crippen LogP) is 2.90. The maximum atomic E-state index is 12.5. The van der Waals surface area contributed by atoms with Crippen molar-refractivity contribution in [1.82, 2.24) is 16.0 Å². The van der Waals surface area contributed by atoms with Crippen molar-refractivity contribution in [3.05, 3.63) is 59.5 Å². The van der Waals surface area contributed by atoms with Gasteiger partial charge in [-0.3, -0.25) is 9.79 Å². The molecule has 0 unspecified atom stereocenters. The number of guanidine groups is 1. The van der Waals surface area contributed by atoms with Crippen molar-refractivity contribution in [3.63, 3.8) is 0 Å². The number of furan rings is 1. The van der Waals surface area contributed by atoms with E-state index in [4.69, 9.17) is 4.42 Å².